The number of esters is 1. The lowest BCUT2D eigenvalue weighted by Gasteiger charge is -2.07. The van der Waals surface area contributed by atoms with E-state index in [0.717, 1.165) is 11.1 Å². The van der Waals surface area contributed by atoms with Crippen LogP contribution >= 0.6 is 0 Å². The molecule has 2 heterocycles. The Balaban J connectivity index is 1.57. The van der Waals surface area contributed by atoms with Crippen molar-refractivity contribution < 1.29 is 19.1 Å². The van der Waals surface area contributed by atoms with Crippen LogP contribution in [0.25, 0.3) is 6.08 Å². The highest BCUT2D eigenvalue weighted by atomic mass is 16.5. The Morgan fingerprint density at radius 2 is 1.96 bits per heavy atom. The van der Waals surface area contributed by atoms with E-state index in [0.29, 0.717) is 22.6 Å². The maximum Gasteiger partial charge on any atom is 0.343 e. The second-order valence-corrected chi connectivity index (χ2v) is 6.09. The topological polar surface area (TPSA) is 65.5 Å². The lowest BCUT2D eigenvalue weighted by atomic mass is 10.1. The third-order valence-electron chi connectivity index (χ3n) is 4.20. The van der Waals surface area contributed by atoms with Crippen LogP contribution in [0.4, 0.5) is 0 Å². The van der Waals surface area contributed by atoms with Crippen molar-refractivity contribution in [1.82, 2.24) is 4.98 Å². The van der Waals surface area contributed by atoms with Crippen molar-refractivity contribution in [2.45, 2.75) is 6.92 Å². The predicted molar refractivity (Wildman–Crippen MR) is 99.8 cm³/mol. The van der Waals surface area contributed by atoms with Gasteiger partial charge in [-0.05, 0) is 48.4 Å². The number of benzene rings is 2. The van der Waals surface area contributed by atoms with Crippen molar-refractivity contribution in [2.24, 2.45) is 0 Å². The molecule has 5 nitrogen and oxygen atoms in total. The highest BCUT2D eigenvalue weighted by molar-refractivity contribution is 6.14. The third-order valence-corrected chi connectivity index (χ3v) is 4.20. The maximum absolute atomic E-state index is 12.5. The van der Waals surface area contributed by atoms with Gasteiger partial charge in [0.25, 0.3) is 0 Å². The number of hydrogen-bond donors (Lipinski definition) is 0. The molecule has 1 aliphatic heterocycles. The fourth-order valence-corrected chi connectivity index (χ4v) is 2.81. The van der Waals surface area contributed by atoms with E-state index in [2.05, 4.69) is 4.98 Å². The van der Waals surface area contributed by atoms with Crippen molar-refractivity contribution in [3.63, 3.8) is 0 Å². The molecule has 0 amide bonds. The van der Waals surface area contributed by atoms with Gasteiger partial charge in [-0.15, -0.1) is 0 Å². The summed E-state index contributed by atoms with van der Waals surface area (Å²) in [6.45, 7) is 1.84. The molecule has 3 aromatic rings. The van der Waals surface area contributed by atoms with E-state index < -0.39 is 5.97 Å². The molecule has 0 saturated heterocycles. The van der Waals surface area contributed by atoms with E-state index in [-0.39, 0.29) is 11.5 Å². The summed E-state index contributed by atoms with van der Waals surface area (Å²) in [5.74, 6) is 0.220. The number of ketones is 1. The molecule has 0 fully saturated rings. The quantitative estimate of drug-likeness (QED) is 0.399. The molecule has 27 heavy (non-hydrogen) atoms. The summed E-state index contributed by atoms with van der Waals surface area (Å²) < 4.78 is 11.1. The molecule has 0 bridgehead atoms. The van der Waals surface area contributed by atoms with Crippen LogP contribution in [0.5, 0.6) is 11.5 Å². The molecular weight excluding hydrogens is 342 g/mol. The Hall–Kier alpha value is -3.73. The fraction of sp³-hybridized carbons (Fsp3) is 0.0455. The Bertz CT molecular complexity index is 1070. The van der Waals surface area contributed by atoms with Crippen molar-refractivity contribution >= 4 is 17.8 Å². The van der Waals surface area contributed by atoms with Gasteiger partial charge in [-0.1, -0.05) is 24.3 Å². The number of Topliss-reactive ketones (excluding diaryl/α,β-unsaturated/α-hetero) is 1. The molecule has 1 aromatic heterocycles. The first-order valence-corrected chi connectivity index (χ1v) is 8.38. The Morgan fingerprint density at radius 1 is 1.11 bits per heavy atom. The van der Waals surface area contributed by atoms with Gasteiger partial charge >= 0.3 is 5.97 Å². The first kappa shape index (κ1) is 16.7. The SMILES string of the molecule is Cc1ccccc1C(=O)Oc1ccc2c(c1)OC(=Cc1cccnc1)C2=O. The average molecular weight is 357 g/mol. The number of carbonyl (C=O) groups is 2. The zero-order valence-electron chi connectivity index (χ0n) is 14.5. The molecule has 132 valence electrons. The van der Waals surface area contributed by atoms with Crippen LogP contribution in [0, 0.1) is 6.92 Å². The molecule has 4 rings (SSSR count). The Morgan fingerprint density at radius 3 is 2.74 bits per heavy atom. The molecule has 5 heteroatoms. The second-order valence-electron chi connectivity index (χ2n) is 6.09. The molecule has 0 N–H and O–H groups in total. The second kappa shape index (κ2) is 6.88. The number of hydrogen-bond acceptors (Lipinski definition) is 5. The number of ether oxygens (including phenoxy) is 2. The summed E-state index contributed by atoms with van der Waals surface area (Å²) in [6.07, 6.45) is 4.93. The molecule has 0 saturated carbocycles. The van der Waals surface area contributed by atoms with Crippen LogP contribution < -0.4 is 9.47 Å². The number of nitrogens with zero attached hydrogens (tertiary/aromatic N) is 1. The number of aromatic nitrogens is 1. The lowest BCUT2D eigenvalue weighted by molar-refractivity contribution is 0.0733. The number of rotatable bonds is 3. The first-order valence-electron chi connectivity index (χ1n) is 8.38. The summed E-state index contributed by atoms with van der Waals surface area (Å²) in [6, 6.07) is 15.5. The van der Waals surface area contributed by atoms with Crippen molar-refractivity contribution in [1.29, 1.82) is 0 Å². The number of allylic oxidation sites excluding steroid dienone is 1. The molecular formula is C22H15NO4. The van der Waals surface area contributed by atoms with Crippen LogP contribution in [-0.4, -0.2) is 16.7 Å². The van der Waals surface area contributed by atoms with Gasteiger partial charge in [-0.25, -0.2) is 4.79 Å². The van der Waals surface area contributed by atoms with Crippen molar-refractivity contribution in [3.05, 3.63) is 95.0 Å². The minimum absolute atomic E-state index is 0.209. The van der Waals surface area contributed by atoms with E-state index in [4.69, 9.17) is 9.47 Å². The number of aryl methyl sites for hydroxylation is 1. The summed E-state index contributed by atoms with van der Waals surface area (Å²) in [5, 5.41) is 0. The predicted octanol–water partition coefficient (Wildman–Crippen LogP) is 4.23. The van der Waals surface area contributed by atoms with E-state index in [1.165, 1.54) is 0 Å². The number of pyridine rings is 1. The van der Waals surface area contributed by atoms with Crippen LogP contribution in [-0.2, 0) is 0 Å². The summed E-state index contributed by atoms with van der Waals surface area (Å²) in [4.78, 5) is 28.9. The standard InChI is InChI=1S/C22H15NO4/c1-14-5-2-3-7-17(14)22(25)26-16-8-9-18-19(12-16)27-20(21(18)24)11-15-6-4-10-23-13-15/h2-13H,1H3. The fourth-order valence-electron chi connectivity index (χ4n) is 2.81. The molecule has 0 aliphatic carbocycles. The Kier molecular flexibility index (Phi) is 4.26. The highest BCUT2D eigenvalue weighted by Crippen LogP contribution is 2.35. The van der Waals surface area contributed by atoms with Crippen LogP contribution in [0.1, 0.15) is 31.8 Å². The van der Waals surface area contributed by atoms with Gasteiger partial charge in [-0.2, -0.15) is 0 Å². The zero-order chi connectivity index (χ0) is 18.8. The smallest absolute Gasteiger partial charge is 0.343 e. The number of fused-ring (bicyclic) bond motifs is 1. The van der Waals surface area contributed by atoms with Gasteiger partial charge in [0.05, 0.1) is 11.1 Å². The normalized spacial score (nSPS) is 14.0. The lowest BCUT2D eigenvalue weighted by Crippen LogP contribution is -2.10. The largest absolute Gasteiger partial charge is 0.452 e. The van der Waals surface area contributed by atoms with Gasteiger partial charge in [-0.3, -0.25) is 9.78 Å². The van der Waals surface area contributed by atoms with Gasteiger partial charge < -0.3 is 9.47 Å². The monoisotopic (exact) mass is 357 g/mol. The van der Waals surface area contributed by atoms with Crippen LogP contribution in [0.2, 0.25) is 0 Å². The van der Waals surface area contributed by atoms with Gasteiger partial charge in [0.1, 0.15) is 11.5 Å². The molecule has 0 unspecified atom stereocenters. The van der Waals surface area contributed by atoms with Crippen LogP contribution in [0.3, 0.4) is 0 Å². The summed E-state index contributed by atoms with van der Waals surface area (Å²) in [7, 11) is 0. The Labute approximate surface area is 155 Å². The average Bonchev–Trinajstić information content (AvgIpc) is 2.98. The van der Waals surface area contributed by atoms with E-state index in [9.17, 15) is 9.59 Å². The minimum Gasteiger partial charge on any atom is -0.452 e. The van der Waals surface area contributed by atoms with Crippen molar-refractivity contribution in [3.8, 4) is 11.5 Å². The highest BCUT2D eigenvalue weighted by Gasteiger charge is 2.28. The molecule has 1 aliphatic rings. The van der Waals surface area contributed by atoms with Gasteiger partial charge in [0.15, 0.2) is 5.76 Å². The molecule has 2 aromatic carbocycles. The first-order chi connectivity index (χ1) is 13.1. The summed E-state index contributed by atoms with van der Waals surface area (Å²) in [5.41, 5.74) is 2.52. The van der Waals surface area contributed by atoms with Crippen LogP contribution in [0.15, 0.2) is 72.8 Å². The van der Waals surface area contributed by atoms with Gasteiger partial charge in [0.2, 0.25) is 5.78 Å². The molecule has 0 spiro atoms. The summed E-state index contributed by atoms with van der Waals surface area (Å²) >= 11 is 0. The third kappa shape index (κ3) is 3.35. The number of carbonyl (C=O) groups excluding carboxylic acids is 2. The van der Waals surface area contributed by atoms with E-state index in [1.54, 1.807) is 54.9 Å². The zero-order valence-corrected chi connectivity index (χ0v) is 14.5. The minimum atomic E-state index is -0.455. The molecule has 0 radical (unpaired) electrons. The van der Waals surface area contributed by atoms with Gasteiger partial charge in [0, 0.05) is 18.5 Å². The van der Waals surface area contributed by atoms with E-state index in [1.807, 2.05) is 25.1 Å². The van der Waals surface area contributed by atoms with E-state index >= 15 is 0 Å². The maximum atomic E-state index is 12.5. The van der Waals surface area contributed by atoms with Crippen molar-refractivity contribution in [2.75, 3.05) is 0 Å². The molecule has 0 atom stereocenters.